The second kappa shape index (κ2) is 7.52. The zero-order valence-electron chi connectivity index (χ0n) is 13.7. The number of nitrogens with zero attached hydrogens (tertiary/aromatic N) is 2. The molecule has 0 spiro atoms. The van der Waals surface area contributed by atoms with Gasteiger partial charge in [0.05, 0.1) is 21.8 Å². The number of hydrogen-bond donors (Lipinski definition) is 2. The Hall–Kier alpha value is -3.30. The van der Waals surface area contributed by atoms with Crippen LogP contribution in [0.2, 0.25) is 0 Å². The lowest BCUT2D eigenvalue weighted by molar-refractivity contribution is 0.0995. The normalized spacial score (nSPS) is 10.5. The number of aromatic nitrogens is 2. The van der Waals surface area contributed by atoms with E-state index in [1.807, 2.05) is 17.5 Å². The van der Waals surface area contributed by atoms with Gasteiger partial charge in [0.2, 0.25) is 0 Å². The summed E-state index contributed by atoms with van der Waals surface area (Å²) in [6.07, 6.45) is 4.83. The van der Waals surface area contributed by atoms with Crippen LogP contribution in [0.25, 0.3) is 11.3 Å². The van der Waals surface area contributed by atoms with Gasteiger partial charge in [0, 0.05) is 23.3 Å². The molecule has 4 aromatic heterocycles. The van der Waals surface area contributed by atoms with Gasteiger partial charge in [-0.2, -0.15) is 0 Å². The van der Waals surface area contributed by atoms with E-state index in [0.717, 1.165) is 11.3 Å². The van der Waals surface area contributed by atoms with Crippen molar-refractivity contribution in [3.8, 4) is 11.3 Å². The van der Waals surface area contributed by atoms with E-state index >= 15 is 0 Å². The molecule has 4 rings (SSSR count). The summed E-state index contributed by atoms with van der Waals surface area (Å²) in [4.78, 5) is 33.3. The van der Waals surface area contributed by atoms with Crippen molar-refractivity contribution in [1.29, 1.82) is 0 Å². The Morgan fingerprint density at radius 1 is 1.04 bits per heavy atom. The third-order valence-electron chi connectivity index (χ3n) is 3.49. The highest BCUT2D eigenvalue weighted by Crippen LogP contribution is 2.27. The maximum absolute atomic E-state index is 12.4. The number of carbonyl (C=O) groups is 2. The molecular formula is C18H12N4O3S2. The third-order valence-corrected chi connectivity index (χ3v) is 5.25. The summed E-state index contributed by atoms with van der Waals surface area (Å²) in [7, 11) is 0. The molecule has 9 heteroatoms. The first-order valence-electron chi connectivity index (χ1n) is 7.81. The maximum atomic E-state index is 12.4. The van der Waals surface area contributed by atoms with Gasteiger partial charge < -0.3 is 9.73 Å². The van der Waals surface area contributed by atoms with Gasteiger partial charge in [-0.05, 0) is 36.4 Å². The summed E-state index contributed by atoms with van der Waals surface area (Å²) in [5.41, 5.74) is 1.63. The Morgan fingerprint density at radius 2 is 1.96 bits per heavy atom. The molecule has 0 aliphatic carbocycles. The Kier molecular flexibility index (Phi) is 4.77. The van der Waals surface area contributed by atoms with Gasteiger partial charge in [-0.1, -0.05) is 0 Å². The number of thiophene rings is 1. The van der Waals surface area contributed by atoms with Crippen molar-refractivity contribution in [2.45, 2.75) is 0 Å². The van der Waals surface area contributed by atoms with Crippen molar-refractivity contribution >= 4 is 44.6 Å². The summed E-state index contributed by atoms with van der Waals surface area (Å²) < 4.78 is 5.04. The molecule has 0 atom stereocenters. The van der Waals surface area contributed by atoms with Crippen LogP contribution in [0.15, 0.2) is 64.9 Å². The number of hydrogen-bond acceptors (Lipinski definition) is 7. The van der Waals surface area contributed by atoms with Gasteiger partial charge in [0.25, 0.3) is 11.8 Å². The summed E-state index contributed by atoms with van der Waals surface area (Å²) in [5, 5.41) is 8.37. The zero-order chi connectivity index (χ0) is 18.6. The number of thiazole rings is 1. The molecule has 0 unspecified atom stereocenters. The fourth-order valence-corrected chi connectivity index (χ4v) is 3.76. The van der Waals surface area contributed by atoms with Crippen molar-refractivity contribution in [1.82, 2.24) is 9.97 Å². The van der Waals surface area contributed by atoms with E-state index < -0.39 is 0 Å². The van der Waals surface area contributed by atoms with Crippen molar-refractivity contribution in [3.05, 3.63) is 71.1 Å². The molecule has 0 aliphatic rings. The Morgan fingerprint density at radius 3 is 2.74 bits per heavy atom. The van der Waals surface area contributed by atoms with Crippen LogP contribution in [0.3, 0.4) is 0 Å². The van der Waals surface area contributed by atoms with E-state index in [2.05, 4.69) is 20.6 Å². The van der Waals surface area contributed by atoms with Crippen LogP contribution in [0.1, 0.15) is 20.2 Å². The second-order valence-electron chi connectivity index (χ2n) is 5.33. The van der Waals surface area contributed by atoms with Gasteiger partial charge in [-0.15, -0.1) is 22.7 Å². The highest BCUT2D eigenvalue weighted by atomic mass is 32.1. The number of nitrogens with one attached hydrogen (secondary N) is 2. The number of furan rings is 1. The third kappa shape index (κ3) is 3.94. The van der Waals surface area contributed by atoms with Gasteiger partial charge in [0.15, 0.2) is 10.9 Å². The van der Waals surface area contributed by atoms with Crippen LogP contribution in [-0.2, 0) is 0 Å². The van der Waals surface area contributed by atoms with E-state index in [4.69, 9.17) is 4.42 Å². The lowest BCUT2D eigenvalue weighted by Gasteiger charge is -1.99. The van der Waals surface area contributed by atoms with Crippen LogP contribution in [0.4, 0.5) is 10.1 Å². The standard InChI is InChI=1S/C18H12N4O3S2/c23-16(13-4-2-8-25-13)21-15-6-5-14(27-15)17(24)22-18-20-12(10-26-18)11-3-1-7-19-9-11/h1-10H,(H,21,23)(H,20,22,24). The van der Waals surface area contributed by atoms with Gasteiger partial charge in [-0.25, -0.2) is 4.98 Å². The number of carbonyl (C=O) groups excluding carboxylic acids is 2. The molecule has 4 heterocycles. The van der Waals surface area contributed by atoms with E-state index in [1.54, 1.807) is 36.7 Å². The maximum Gasteiger partial charge on any atom is 0.291 e. The lowest BCUT2D eigenvalue weighted by Crippen LogP contribution is -2.10. The molecule has 0 aliphatic heterocycles. The number of amides is 2. The molecule has 0 saturated carbocycles. The number of rotatable bonds is 5. The van der Waals surface area contributed by atoms with Crippen LogP contribution >= 0.6 is 22.7 Å². The number of anilines is 2. The first-order valence-corrected chi connectivity index (χ1v) is 9.50. The topological polar surface area (TPSA) is 97.1 Å². The van der Waals surface area contributed by atoms with E-state index in [0.29, 0.717) is 15.0 Å². The van der Waals surface area contributed by atoms with E-state index in [9.17, 15) is 9.59 Å². The second-order valence-corrected chi connectivity index (χ2v) is 7.27. The van der Waals surface area contributed by atoms with Gasteiger partial charge in [0.1, 0.15) is 0 Å². The minimum Gasteiger partial charge on any atom is -0.459 e. The van der Waals surface area contributed by atoms with Crippen LogP contribution < -0.4 is 10.6 Å². The molecule has 0 aromatic carbocycles. The molecular weight excluding hydrogens is 384 g/mol. The molecule has 2 amide bonds. The van der Waals surface area contributed by atoms with Crippen LogP contribution in [0, 0.1) is 0 Å². The Labute approximate surface area is 161 Å². The molecule has 7 nitrogen and oxygen atoms in total. The van der Waals surface area contributed by atoms with E-state index in [-0.39, 0.29) is 17.6 Å². The number of pyridine rings is 1. The molecule has 0 radical (unpaired) electrons. The summed E-state index contributed by atoms with van der Waals surface area (Å²) in [5.74, 6) is -0.444. The van der Waals surface area contributed by atoms with Gasteiger partial charge >= 0.3 is 0 Å². The monoisotopic (exact) mass is 396 g/mol. The molecule has 0 bridgehead atoms. The zero-order valence-corrected chi connectivity index (χ0v) is 15.3. The summed E-state index contributed by atoms with van der Waals surface area (Å²) in [6, 6.07) is 10.3. The average Bonchev–Trinajstić information content (AvgIpc) is 3.44. The van der Waals surface area contributed by atoms with Crippen molar-refractivity contribution in [3.63, 3.8) is 0 Å². The summed E-state index contributed by atoms with van der Waals surface area (Å²) in [6.45, 7) is 0. The molecule has 4 aromatic rings. The lowest BCUT2D eigenvalue weighted by atomic mass is 10.2. The first kappa shape index (κ1) is 17.1. The Balaban J connectivity index is 1.41. The SMILES string of the molecule is O=C(Nc1ccc(C(=O)Nc2nc(-c3cccnc3)cs2)s1)c1ccco1. The Bertz CT molecular complexity index is 1070. The first-order chi connectivity index (χ1) is 13.2. The minimum absolute atomic E-state index is 0.208. The minimum atomic E-state index is -0.366. The van der Waals surface area contributed by atoms with Crippen molar-refractivity contribution in [2.24, 2.45) is 0 Å². The summed E-state index contributed by atoms with van der Waals surface area (Å²) >= 11 is 2.50. The molecule has 134 valence electrons. The predicted octanol–water partition coefficient (Wildman–Crippen LogP) is 4.36. The van der Waals surface area contributed by atoms with Crippen LogP contribution in [-0.4, -0.2) is 21.8 Å². The van der Waals surface area contributed by atoms with Crippen molar-refractivity contribution < 1.29 is 14.0 Å². The molecule has 0 fully saturated rings. The highest BCUT2D eigenvalue weighted by Gasteiger charge is 2.15. The highest BCUT2D eigenvalue weighted by molar-refractivity contribution is 7.18. The molecule has 0 saturated heterocycles. The predicted molar refractivity (Wildman–Crippen MR) is 104 cm³/mol. The average molecular weight is 396 g/mol. The fourth-order valence-electron chi connectivity index (χ4n) is 2.25. The van der Waals surface area contributed by atoms with Crippen molar-refractivity contribution in [2.75, 3.05) is 10.6 Å². The van der Waals surface area contributed by atoms with Crippen LogP contribution in [0.5, 0.6) is 0 Å². The quantitative estimate of drug-likeness (QED) is 0.522. The largest absolute Gasteiger partial charge is 0.459 e. The van der Waals surface area contributed by atoms with E-state index in [1.165, 1.54) is 28.9 Å². The smallest absolute Gasteiger partial charge is 0.291 e. The van der Waals surface area contributed by atoms with Gasteiger partial charge in [-0.3, -0.25) is 19.9 Å². The molecule has 2 N–H and O–H groups in total. The molecule has 27 heavy (non-hydrogen) atoms. The fraction of sp³-hybridized carbons (Fsp3) is 0.